The van der Waals surface area contributed by atoms with Crippen molar-refractivity contribution in [3.8, 4) is 0 Å². The van der Waals surface area contributed by atoms with Crippen LogP contribution in [0.1, 0.15) is 12.0 Å². The minimum absolute atomic E-state index is 0.228. The normalized spacial score (nSPS) is 10.2. The number of halogens is 2. The van der Waals surface area contributed by atoms with Crippen LogP contribution in [0.4, 0.5) is 4.39 Å². The monoisotopic (exact) mass is 187 g/mol. The third-order valence-corrected chi connectivity index (χ3v) is 2.11. The van der Waals surface area contributed by atoms with E-state index in [1.54, 1.807) is 6.07 Å². The molecule has 66 valence electrons. The lowest BCUT2D eigenvalue weighted by molar-refractivity contribution is 0.625. The Morgan fingerprint density at radius 3 is 2.83 bits per heavy atom. The van der Waals surface area contributed by atoms with Crippen LogP contribution in [0.3, 0.4) is 0 Å². The summed E-state index contributed by atoms with van der Waals surface area (Å²) >= 11 is 5.71. The molecule has 3 heteroatoms. The maximum absolute atomic E-state index is 12.8. The Hall–Kier alpha value is -0.600. The first-order valence-corrected chi connectivity index (χ1v) is 4.26. The molecule has 0 amide bonds. The van der Waals surface area contributed by atoms with Crippen LogP contribution in [-0.4, -0.2) is 6.54 Å². The van der Waals surface area contributed by atoms with Gasteiger partial charge < -0.3 is 5.73 Å². The van der Waals surface area contributed by atoms with Crippen molar-refractivity contribution in [2.45, 2.75) is 12.8 Å². The van der Waals surface area contributed by atoms with Crippen LogP contribution >= 0.6 is 11.6 Å². The number of nitrogens with two attached hydrogens (primary N) is 1. The molecule has 12 heavy (non-hydrogen) atoms. The summed E-state index contributed by atoms with van der Waals surface area (Å²) in [5.41, 5.74) is 6.16. The Bertz CT molecular complexity index is 263. The number of aryl methyl sites for hydroxylation is 1. The Kier molecular flexibility index (Phi) is 3.50. The zero-order chi connectivity index (χ0) is 8.97. The average molecular weight is 188 g/mol. The van der Waals surface area contributed by atoms with Crippen molar-refractivity contribution in [1.82, 2.24) is 0 Å². The van der Waals surface area contributed by atoms with E-state index in [0.29, 0.717) is 6.54 Å². The molecule has 0 fully saturated rings. The highest BCUT2D eigenvalue weighted by atomic mass is 35.5. The molecule has 1 nitrogen and oxygen atoms in total. The lowest BCUT2D eigenvalue weighted by Gasteiger charge is -2.02. The largest absolute Gasteiger partial charge is 0.330 e. The second kappa shape index (κ2) is 4.43. The minimum Gasteiger partial charge on any atom is -0.330 e. The third kappa shape index (κ3) is 2.19. The van der Waals surface area contributed by atoms with Crippen molar-refractivity contribution >= 4 is 11.6 Å². The van der Waals surface area contributed by atoms with E-state index in [9.17, 15) is 4.39 Å². The summed E-state index contributed by atoms with van der Waals surface area (Å²) in [5.74, 6) is -0.355. The summed E-state index contributed by atoms with van der Waals surface area (Å²) in [7, 11) is 0. The molecular formula is C9H11ClFN. The molecular weight excluding hydrogens is 177 g/mol. The number of rotatable bonds is 3. The predicted molar refractivity (Wildman–Crippen MR) is 48.8 cm³/mol. The Labute approximate surface area is 76.3 Å². The van der Waals surface area contributed by atoms with Gasteiger partial charge in [-0.05, 0) is 31.0 Å². The summed E-state index contributed by atoms with van der Waals surface area (Å²) in [4.78, 5) is 0. The van der Waals surface area contributed by atoms with Crippen molar-refractivity contribution in [2.75, 3.05) is 6.54 Å². The zero-order valence-corrected chi connectivity index (χ0v) is 7.44. The van der Waals surface area contributed by atoms with Crippen LogP contribution in [-0.2, 0) is 6.42 Å². The van der Waals surface area contributed by atoms with Gasteiger partial charge in [0.05, 0.1) is 5.02 Å². The fourth-order valence-corrected chi connectivity index (χ4v) is 1.25. The summed E-state index contributed by atoms with van der Waals surface area (Å²) in [6.07, 6.45) is 1.58. The molecule has 1 aromatic carbocycles. The third-order valence-electron chi connectivity index (χ3n) is 1.68. The highest BCUT2D eigenvalue weighted by Gasteiger charge is 2.03. The van der Waals surface area contributed by atoms with Crippen molar-refractivity contribution in [1.29, 1.82) is 0 Å². The SMILES string of the molecule is NCCCc1cccc(F)c1Cl. The van der Waals surface area contributed by atoms with E-state index >= 15 is 0 Å². The first kappa shape index (κ1) is 9.49. The quantitative estimate of drug-likeness (QED) is 0.773. The van der Waals surface area contributed by atoms with Crippen LogP contribution in [0.15, 0.2) is 18.2 Å². The van der Waals surface area contributed by atoms with Crippen molar-refractivity contribution < 1.29 is 4.39 Å². The smallest absolute Gasteiger partial charge is 0.142 e. The summed E-state index contributed by atoms with van der Waals surface area (Å²) < 4.78 is 12.8. The van der Waals surface area contributed by atoms with Gasteiger partial charge in [0.25, 0.3) is 0 Å². The first-order valence-electron chi connectivity index (χ1n) is 3.88. The molecule has 1 rings (SSSR count). The van der Waals surface area contributed by atoms with Crippen molar-refractivity contribution in [3.63, 3.8) is 0 Å². The van der Waals surface area contributed by atoms with E-state index in [1.807, 2.05) is 6.07 Å². The van der Waals surface area contributed by atoms with Gasteiger partial charge in [0.15, 0.2) is 0 Å². The molecule has 0 aliphatic heterocycles. The minimum atomic E-state index is -0.355. The Balaban J connectivity index is 2.78. The second-order valence-corrected chi connectivity index (χ2v) is 2.98. The lowest BCUT2D eigenvalue weighted by Crippen LogP contribution is -2.00. The molecule has 0 radical (unpaired) electrons. The van der Waals surface area contributed by atoms with Crippen LogP contribution in [0, 0.1) is 5.82 Å². The van der Waals surface area contributed by atoms with E-state index < -0.39 is 0 Å². The fourth-order valence-electron chi connectivity index (χ4n) is 1.03. The van der Waals surface area contributed by atoms with E-state index in [1.165, 1.54) is 6.07 Å². The van der Waals surface area contributed by atoms with Gasteiger partial charge in [-0.25, -0.2) is 4.39 Å². The Morgan fingerprint density at radius 2 is 2.17 bits per heavy atom. The highest BCUT2D eigenvalue weighted by molar-refractivity contribution is 6.31. The number of hydrogen-bond acceptors (Lipinski definition) is 1. The van der Waals surface area contributed by atoms with Crippen LogP contribution in [0.5, 0.6) is 0 Å². The van der Waals surface area contributed by atoms with Gasteiger partial charge >= 0.3 is 0 Å². The van der Waals surface area contributed by atoms with Crippen LogP contribution in [0.25, 0.3) is 0 Å². The zero-order valence-electron chi connectivity index (χ0n) is 6.69. The molecule has 0 aromatic heterocycles. The van der Waals surface area contributed by atoms with Gasteiger partial charge in [0, 0.05) is 0 Å². The standard InChI is InChI=1S/C9H11ClFN/c10-9-7(4-2-6-12)3-1-5-8(9)11/h1,3,5H,2,4,6,12H2. The van der Waals surface area contributed by atoms with E-state index in [-0.39, 0.29) is 10.8 Å². The molecule has 0 unspecified atom stereocenters. The molecule has 0 bridgehead atoms. The van der Waals surface area contributed by atoms with Crippen LogP contribution in [0.2, 0.25) is 5.02 Å². The average Bonchev–Trinajstić information content (AvgIpc) is 2.08. The summed E-state index contributed by atoms with van der Waals surface area (Å²) in [6, 6.07) is 4.84. The van der Waals surface area contributed by atoms with Gasteiger partial charge in [-0.15, -0.1) is 0 Å². The highest BCUT2D eigenvalue weighted by Crippen LogP contribution is 2.20. The van der Waals surface area contributed by atoms with Gasteiger partial charge in [-0.3, -0.25) is 0 Å². The summed E-state index contributed by atoms with van der Waals surface area (Å²) in [6.45, 7) is 0.604. The maximum atomic E-state index is 12.8. The predicted octanol–water partition coefficient (Wildman–Crippen LogP) is 2.37. The second-order valence-electron chi connectivity index (χ2n) is 2.61. The molecule has 0 spiro atoms. The van der Waals surface area contributed by atoms with Gasteiger partial charge in [0.2, 0.25) is 0 Å². The topological polar surface area (TPSA) is 26.0 Å². The van der Waals surface area contributed by atoms with Gasteiger partial charge in [0.1, 0.15) is 5.82 Å². The van der Waals surface area contributed by atoms with Crippen molar-refractivity contribution in [2.24, 2.45) is 5.73 Å². The molecule has 0 aliphatic rings. The Morgan fingerprint density at radius 1 is 1.42 bits per heavy atom. The molecule has 0 saturated heterocycles. The summed E-state index contributed by atoms with van der Waals surface area (Å²) in [5, 5.41) is 0.228. The maximum Gasteiger partial charge on any atom is 0.142 e. The molecule has 0 aliphatic carbocycles. The fraction of sp³-hybridized carbons (Fsp3) is 0.333. The molecule has 0 atom stereocenters. The molecule has 0 saturated carbocycles. The molecule has 2 N–H and O–H groups in total. The van der Waals surface area contributed by atoms with Gasteiger partial charge in [-0.2, -0.15) is 0 Å². The van der Waals surface area contributed by atoms with Crippen molar-refractivity contribution in [3.05, 3.63) is 34.6 Å². The molecule has 0 heterocycles. The van der Waals surface area contributed by atoms with E-state index in [4.69, 9.17) is 17.3 Å². The number of hydrogen-bond donors (Lipinski definition) is 1. The van der Waals surface area contributed by atoms with E-state index in [0.717, 1.165) is 18.4 Å². The van der Waals surface area contributed by atoms with Gasteiger partial charge in [-0.1, -0.05) is 23.7 Å². The van der Waals surface area contributed by atoms with Crippen LogP contribution < -0.4 is 5.73 Å². The number of benzene rings is 1. The lowest BCUT2D eigenvalue weighted by atomic mass is 10.1. The van der Waals surface area contributed by atoms with E-state index in [2.05, 4.69) is 0 Å². The molecule has 1 aromatic rings. The first-order chi connectivity index (χ1) is 5.75.